The van der Waals surface area contributed by atoms with Crippen molar-refractivity contribution < 1.29 is 4.74 Å². The average Bonchev–Trinajstić information content (AvgIpc) is 2.26. The molecule has 0 saturated carbocycles. The van der Waals surface area contributed by atoms with E-state index < -0.39 is 0 Å². The van der Waals surface area contributed by atoms with Crippen molar-refractivity contribution in [1.82, 2.24) is 4.90 Å². The largest absolute Gasteiger partial charge is 0.450 e. The van der Waals surface area contributed by atoms with Gasteiger partial charge in [-0.2, -0.15) is 0 Å². The third-order valence-corrected chi connectivity index (χ3v) is 2.52. The van der Waals surface area contributed by atoms with Gasteiger partial charge >= 0.3 is 0 Å². The Morgan fingerprint density at radius 2 is 1.67 bits per heavy atom. The van der Waals surface area contributed by atoms with E-state index in [1.807, 2.05) is 0 Å². The second-order valence-corrected chi connectivity index (χ2v) is 3.87. The molecule has 0 aromatic carbocycles. The summed E-state index contributed by atoms with van der Waals surface area (Å²) in [6, 6.07) is 0.308. The molecular formula is C13H25NO. The molecule has 0 fully saturated rings. The zero-order chi connectivity index (χ0) is 11.5. The van der Waals surface area contributed by atoms with Gasteiger partial charge in [0.15, 0.2) is 0 Å². The van der Waals surface area contributed by atoms with E-state index >= 15 is 0 Å². The highest BCUT2D eigenvalue weighted by atomic mass is 16.5. The Balaban J connectivity index is 4.06. The van der Waals surface area contributed by atoms with Gasteiger partial charge < -0.3 is 4.74 Å². The zero-order valence-electron chi connectivity index (χ0n) is 10.7. The first-order valence-electron chi connectivity index (χ1n) is 6.03. The summed E-state index contributed by atoms with van der Waals surface area (Å²) in [6.07, 6.45) is 7.68. The number of ether oxygens (including phenoxy) is 1. The van der Waals surface area contributed by atoms with Crippen molar-refractivity contribution in [3.63, 3.8) is 0 Å². The number of hydrogen-bond donors (Lipinski definition) is 0. The van der Waals surface area contributed by atoms with Crippen LogP contribution in [0.2, 0.25) is 0 Å². The summed E-state index contributed by atoms with van der Waals surface area (Å²) in [5.41, 5.74) is 0. The van der Waals surface area contributed by atoms with Crippen LogP contribution in [0.5, 0.6) is 0 Å². The van der Waals surface area contributed by atoms with Crippen LogP contribution in [0.3, 0.4) is 0 Å². The van der Waals surface area contributed by atoms with Gasteiger partial charge in [0.25, 0.3) is 0 Å². The van der Waals surface area contributed by atoms with E-state index in [-0.39, 0.29) is 0 Å². The minimum atomic E-state index is 0.308. The second-order valence-electron chi connectivity index (χ2n) is 3.87. The van der Waals surface area contributed by atoms with Crippen molar-refractivity contribution in [3.8, 4) is 12.0 Å². The molecule has 0 aliphatic heterocycles. The first-order chi connectivity index (χ1) is 7.26. The molecule has 0 heterocycles. The topological polar surface area (TPSA) is 12.5 Å². The molecule has 0 spiro atoms. The molecule has 88 valence electrons. The predicted octanol–water partition coefficient (Wildman–Crippen LogP) is 2.88. The second kappa shape index (κ2) is 9.86. The van der Waals surface area contributed by atoms with Gasteiger partial charge in [-0.15, -0.1) is 0 Å². The highest BCUT2D eigenvalue weighted by Gasteiger charge is 2.09. The highest BCUT2D eigenvalue weighted by molar-refractivity contribution is 5.01. The molecule has 0 amide bonds. The highest BCUT2D eigenvalue weighted by Crippen LogP contribution is 2.04. The first kappa shape index (κ1) is 14.3. The van der Waals surface area contributed by atoms with E-state index in [1.54, 1.807) is 7.11 Å². The van der Waals surface area contributed by atoms with Crippen LogP contribution in [0, 0.1) is 12.0 Å². The van der Waals surface area contributed by atoms with Gasteiger partial charge in [-0.25, -0.2) is 0 Å². The number of nitrogens with zero attached hydrogens (tertiary/aromatic N) is 1. The Morgan fingerprint density at radius 1 is 1.13 bits per heavy atom. The summed E-state index contributed by atoms with van der Waals surface area (Å²) in [7, 11) is 1.61. The maximum absolute atomic E-state index is 4.78. The summed E-state index contributed by atoms with van der Waals surface area (Å²) in [5, 5.41) is 0. The fourth-order valence-corrected chi connectivity index (χ4v) is 1.46. The van der Waals surface area contributed by atoms with Gasteiger partial charge in [0, 0.05) is 0 Å². The molecule has 2 heteroatoms. The number of hydrogen-bond acceptors (Lipinski definition) is 2. The predicted molar refractivity (Wildman–Crippen MR) is 65.6 cm³/mol. The van der Waals surface area contributed by atoms with E-state index in [0.717, 1.165) is 13.1 Å². The normalized spacial score (nSPS) is 12.1. The van der Waals surface area contributed by atoms with Crippen molar-refractivity contribution in [2.45, 2.75) is 52.5 Å². The lowest BCUT2D eigenvalue weighted by Gasteiger charge is -2.25. The molecule has 0 aliphatic rings. The molecular weight excluding hydrogens is 186 g/mol. The van der Waals surface area contributed by atoms with Crippen LogP contribution >= 0.6 is 0 Å². The first-order valence-corrected chi connectivity index (χ1v) is 6.03. The Morgan fingerprint density at radius 3 is 2.07 bits per heavy atom. The van der Waals surface area contributed by atoms with Gasteiger partial charge in [-0.1, -0.05) is 26.7 Å². The molecule has 0 bridgehead atoms. The van der Waals surface area contributed by atoms with Crippen molar-refractivity contribution in [2.75, 3.05) is 20.2 Å². The molecule has 0 saturated heterocycles. The van der Waals surface area contributed by atoms with Gasteiger partial charge in [0.2, 0.25) is 0 Å². The van der Waals surface area contributed by atoms with Crippen LogP contribution < -0.4 is 0 Å². The van der Waals surface area contributed by atoms with Crippen LogP contribution in [0.4, 0.5) is 0 Å². The number of methoxy groups -OCH3 is 1. The summed E-state index contributed by atoms with van der Waals surface area (Å²) >= 11 is 0. The number of rotatable bonds is 7. The smallest absolute Gasteiger partial charge is 0.111 e. The van der Waals surface area contributed by atoms with Crippen LogP contribution in [0.1, 0.15) is 46.5 Å². The maximum Gasteiger partial charge on any atom is 0.111 e. The van der Waals surface area contributed by atoms with Crippen molar-refractivity contribution in [1.29, 1.82) is 0 Å². The molecule has 0 radical (unpaired) electrons. The molecule has 0 aromatic heterocycles. The lowest BCUT2D eigenvalue weighted by Crippen LogP contribution is -2.33. The third-order valence-electron chi connectivity index (χ3n) is 2.52. The van der Waals surface area contributed by atoms with E-state index in [0.29, 0.717) is 6.04 Å². The monoisotopic (exact) mass is 211 g/mol. The summed E-state index contributed by atoms with van der Waals surface area (Å²) in [4.78, 5) is 2.44. The lowest BCUT2D eigenvalue weighted by molar-refractivity contribution is 0.238. The Kier molecular flexibility index (Phi) is 9.41. The minimum absolute atomic E-state index is 0.308. The van der Waals surface area contributed by atoms with Crippen molar-refractivity contribution >= 4 is 0 Å². The van der Waals surface area contributed by atoms with Crippen LogP contribution in [0.15, 0.2) is 0 Å². The summed E-state index contributed by atoms with van der Waals surface area (Å²) in [6.45, 7) is 8.90. The van der Waals surface area contributed by atoms with Gasteiger partial charge in [-0.3, -0.25) is 4.90 Å². The fourth-order valence-electron chi connectivity index (χ4n) is 1.46. The standard InChI is InChI=1S/C13H25NO/c1-5-7-10-14(11-8-6-2)13(3)9-12-15-4/h13H,5-8,10-11H2,1-4H3. The summed E-state index contributed by atoms with van der Waals surface area (Å²) in [5.74, 6) is 3.10. The average molecular weight is 211 g/mol. The Bertz CT molecular complexity index is 184. The van der Waals surface area contributed by atoms with Gasteiger partial charge in [-0.05, 0) is 38.8 Å². The zero-order valence-corrected chi connectivity index (χ0v) is 10.7. The number of unbranched alkanes of at least 4 members (excludes halogenated alkanes) is 2. The van der Waals surface area contributed by atoms with E-state index in [2.05, 4.69) is 37.7 Å². The molecule has 0 rings (SSSR count). The van der Waals surface area contributed by atoms with E-state index in [9.17, 15) is 0 Å². The molecule has 2 nitrogen and oxygen atoms in total. The van der Waals surface area contributed by atoms with Gasteiger partial charge in [0.1, 0.15) is 6.11 Å². The van der Waals surface area contributed by atoms with Crippen LogP contribution in [-0.4, -0.2) is 31.1 Å². The van der Waals surface area contributed by atoms with Gasteiger partial charge in [0.05, 0.1) is 13.2 Å². The summed E-state index contributed by atoms with van der Waals surface area (Å²) < 4.78 is 4.78. The SMILES string of the molecule is CCCCN(CCCC)C(C)C#COC. The molecule has 0 N–H and O–H groups in total. The molecule has 1 atom stereocenters. The quantitative estimate of drug-likeness (QED) is 0.600. The Labute approximate surface area is 95.0 Å². The third kappa shape index (κ3) is 7.27. The molecule has 0 aromatic rings. The van der Waals surface area contributed by atoms with Crippen molar-refractivity contribution in [3.05, 3.63) is 0 Å². The minimum Gasteiger partial charge on any atom is -0.450 e. The molecule has 1 unspecified atom stereocenters. The lowest BCUT2D eigenvalue weighted by atomic mass is 10.2. The molecule has 0 aliphatic carbocycles. The van der Waals surface area contributed by atoms with Crippen molar-refractivity contribution in [2.24, 2.45) is 0 Å². The van der Waals surface area contributed by atoms with E-state index in [4.69, 9.17) is 4.74 Å². The maximum atomic E-state index is 4.78. The molecule has 15 heavy (non-hydrogen) atoms. The van der Waals surface area contributed by atoms with E-state index in [1.165, 1.54) is 25.7 Å². The Hall–Kier alpha value is -0.680. The van der Waals surface area contributed by atoms with Crippen LogP contribution in [0.25, 0.3) is 0 Å². The fraction of sp³-hybridized carbons (Fsp3) is 0.846. The van der Waals surface area contributed by atoms with Crippen LogP contribution in [-0.2, 0) is 4.74 Å².